The molecule has 1 fully saturated rings. The van der Waals surface area contributed by atoms with E-state index in [2.05, 4.69) is 12.2 Å². The van der Waals surface area contributed by atoms with Crippen molar-refractivity contribution in [2.24, 2.45) is 0 Å². The molecule has 1 aliphatic rings. The van der Waals surface area contributed by atoms with Gasteiger partial charge in [-0.05, 0) is 19.3 Å². The minimum atomic E-state index is 0.651. The molecule has 0 aromatic rings. The molecule has 0 spiro atoms. The van der Waals surface area contributed by atoms with Crippen LogP contribution in [0.4, 0.5) is 0 Å². The van der Waals surface area contributed by atoms with Gasteiger partial charge in [0.1, 0.15) is 0 Å². The second kappa shape index (κ2) is 8.21. The third-order valence-corrected chi connectivity index (χ3v) is 2.54. The van der Waals surface area contributed by atoms with Gasteiger partial charge >= 0.3 is 0 Å². The normalized spacial score (nSPS) is 18.6. The second-order valence-electron chi connectivity index (χ2n) is 3.81. The molecule has 0 saturated carbocycles. The predicted molar refractivity (Wildman–Crippen MR) is 57.6 cm³/mol. The lowest BCUT2D eigenvalue weighted by Crippen LogP contribution is -2.36. The Balaban J connectivity index is 1.82. The molecule has 1 heterocycles. The first-order valence-corrected chi connectivity index (χ1v) is 5.82. The predicted octanol–water partition coefficient (Wildman–Crippen LogP) is 1.57. The summed E-state index contributed by atoms with van der Waals surface area (Å²) < 4.78 is 10.8. The van der Waals surface area contributed by atoms with E-state index in [1.165, 1.54) is 12.8 Å². The summed E-state index contributed by atoms with van der Waals surface area (Å²) in [7, 11) is 0. The standard InChI is InChI=1S/C11H23NO2/c1-2-3-7-13-10-6-12-11-4-8-14-9-5-11/h11-12H,2-10H2,1H3. The summed E-state index contributed by atoms with van der Waals surface area (Å²) in [5.74, 6) is 0. The van der Waals surface area contributed by atoms with Crippen molar-refractivity contribution in [3.8, 4) is 0 Å². The van der Waals surface area contributed by atoms with E-state index in [-0.39, 0.29) is 0 Å². The largest absolute Gasteiger partial charge is 0.381 e. The lowest BCUT2D eigenvalue weighted by molar-refractivity contribution is 0.0728. The van der Waals surface area contributed by atoms with Crippen molar-refractivity contribution in [3.05, 3.63) is 0 Å². The Hall–Kier alpha value is -0.120. The van der Waals surface area contributed by atoms with Crippen LogP contribution in [0.3, 0.4) is 0 Å². The molecule has 0 unspecified atom stereocenters. The van der Waals surface area contributed by atoms with Crippen molar-refractivity contribution in [2.45, 2.75) is 38.6 Å². The molecule has 0 radical (unpaired) electrons. The Bertz CT molecular complexity index is 124. The summed E-state index contributed by atoms with van der Waals surface area (Å²) >= 11 is 0. The number of unbranched alkanes of at least 4 members (excludes halogenated alkanes) is 1. The van der Waals surface area contributed by atoms with Gasteiger partial charge in [-0.25, -0.2) is 0 Å². The monoisotopic (exact) mass is 201 g/mol. The first-order chi connectivity index (χ1) is 6.93. The molecule has 0 aromatic heterocycles. The lowest BCUT2D eigenvalue weighted by Gasteiger charge is -2.23. The van der Waals surface area contributed by atoms with Gasteiger partial charge in [-0.2, -0.15) is 0 Å². The smallest absolute Gasteiger partial charge is 0.0591 e. The van der Waals surface area contributed by atoms with Gasteiger partial charge in [0.25, 0.3) is 0 Å². The number of hydrogen-bond donors (Lipinski definition) is 1. The highest BCUT2D eigenvalue weighted by atomic mass is 16.5. The Morgan fingerprint density at radius 2 is 2.07 bits per heavy atom. The van der Waals surface area contributed by atoms with Gasteiger partial charge in [-0.1, -0.05) is 13.3 Å². The van der Waals surface area contributed by atoms with E-state index in [4.69, 9.17) is 9.47 Å². The molecule has 1 rings (SSSR count). The Kier molecular flexibility index (Phi) is 7.01. The summed E-state index contributed by atoms with van der Waals surface area (Å²) in [5, 5.41) is 3.49. The average molecular weight is 201 g/mol. The molecule has 0 amide bonds. The maximum absolute atomic E-state index is 5.47. The first-order valence-electron chi connectivity index (χ1n) is 5.82. The highest BCUT2D eigenvalue weighted by molar-refractivity contribution is 4.69. The quantitative estimate of drug-likeness (QED) is 0.634. The SMILES string of the molecule is CCCCOCCNC1CCOCC1. The molecular weight excluding hydrogens is 178 g/mol. The molecule has 0 atom stereocenters. The molecule has 1 N–H and O–H groups in total. The average Bonchev–Trinajstić information content (AvgIpc) is 2.25. The van der Waals surface area contributed by atoms with Crippen molar-refractivity contribution in [3.63, 3.8) is 0 Å². The molecule has 0 bridgehead atoms. The van der Waals surface area contributed by atoms with Crippen molar-refractivity contribution < 1.29 is 9.47 Å². The minimum absolute atomic E-state index is 0.651. The lowest BCUT2D eigenvalue weighted by atomic mass is 10.1. The molecule has 3 heteroatoms. The third kappa shape index (κ3) is 5.58. The van der Waals surface area contributed by atoms with Gasteiger partial charge in [0.2, 0.25) is 0 Å². The van der Waals surface area contributed by atoms with E-state index in [1.807, 2.05) is 0 Å². The summed E-state index contributed by atoms with van der Waals surface area (Å²) in [6, 6.07) is 0.651. The fourth-order valence-corrected chi connectivity index (χ4v) is 1.59. The van der Waals surface area contributed by atoms with Crippen LogP contribution in [0.2, 0.25) is 0 Å². The van der Waals surface area contributed by atoms with Gasteiger partial charge < -0.3 is 14.8 Å². The number of nitrogens with one attached hydrogen (secondary N) is 1. The van der Waals surface area contributed by atoms with Crippen LogP contribution in [0, 0.1) is 0 Å². The zero-order chi connectivity index (χ0) is 10.1. The van der Waals surface area contributed by atoms with Gasteiger partial charge in [0.15, 0.2) is 0 Å². The molecule has 3 nitrogen and oxygen atoms in total. The van der Waals surface area contributed by atoms with Crippen molar-refractivity contribution in [1.82, 2.24) is 5.32 Å². The van der Waals surface area contributed by atoms with Crippen LogP contribution in [0.25, 0.3) is 0 Å². The van der Waals surface area contributed by atoms with E-state index in [1.54, 1.807) is 0 Å². The van der Waals surface area contributed by atoms with E-state index >= 15 is 0 Å². The van der Waals surface area contributed by atoms with Gasteiger partial charge in [0, 0.05) is 32.4 Å². The van der Waals surface area contributed by atoms with Crippen LogP contribution in [-0.4, -0.2) is 39.0 Å². The number of hydrogen-bond acceptors (Lipinski definition) is 3. The maximum Gasteiger partial charge on any atom is 0.0591 e. The summed E-state index contributed by atoms with van der Waals surface area (Å²) in [6.07, 6.45) is 4.69. The van der Waals surface area contributed by atoms with E-state index in [0.29, 0.717) is 6.04 Å². The Labute approximate surface area is 87.2 Å². The fourth-order valence-electron chi connectivity index (χ4n) is 1.59. The first kappa shape index (κ1) is 12.0. The molecular formula is C11H23NO2. The highest BCUT2D eigenvalue weighted by Crippen LogP contribution is 2.05. The molecule has 1 aliphatic heterocycles. The molecule has 84 valence electrons. The zero-order valence-electron chi connectivity index (χ0n) is 9.26. The summed E-state index contributed by atoms with van der Waals surface area (Å²) in [5.41, 5.74) is 0. The topological polar surface area (TPSA) is 30.5 Å². The summed E-state index contributed by atoms with van der Waals surface area (Å²) in [4.78, 5) is 0. The minimum Gasteiger partial charge on any atom is -0.381 e. The molecule has 0 aromatic carbocycles. The molecule has 14 heavy (non-hydrogen) atoms. The number of rotatable bonds is 7. The van der Waals surface area contributed by atoms with Crippen LogP contribution in [-0.2, 0) is 9.47 Å². The van der Waals surface area contributed by atoms with Crippen molar-refractivity contribution in [1.29, 1.82) is 0 Å². The van der Waals surface area contributed by atoms with Gasteiger partial charge in [-0.15, -0.1) is 0 Å². The van der Waals surface area contributed by atoms with E-state index in [0.717, 1.165) is 45.8 Å². The fraction of sp³-hybridized carbons (Fsp3) is 1.00. The van der Waals surface area contributed by atoms with Gasteiger partial charge in [0.05, 0.1) is 6.61 Å². The molecule has 0 aliphatic carbocycles. The van der Waals surface area contributed by atoms with Crippen LogP contribution in [0.15, 0.2) is 0 Å². The van der Waals surface area contributed by atoms with Crippen molar-refractivity contribution in [2.75, 3.05) is 33.0 Å². The number of ether oxygens (including phenoxy) is 2. The maximum atomic E-state index is 5.47. The van der Waals surface area contributed by atoms with Crippen LogP contribution >= 0.6 is 0 Å². The van der Waals surface area contributed by atoms with E-state index in [9.17, 15) is 0 Å². The Morgan fingerprint density at radius 3 is 2.79 bits per heavy atom. The van der Waals surface area contributed by atoms with Gasteiger partial charge in [-0.3, -0.25) is 0 Å². The van der Waals surface area contributed by atoms with E-state index < -0.39 is 0 Å². The van der Waals surface area contributed by atoms with Crippen LogP contribution in [0.5, 0.6) is 0 Å². The zero-order valence-corrected chi connectivity index (χ0v) is 9.26. The molecule has 1 saturated heterocycles. The van der Waals surface area contributed by atoms with Crippen molar-refractivity contribution >= 4 is 0 Å². The second-order valence-corrected chi connectivity index (χ2v) is 3.81. The Morgan fingerprint density at radius 1 is 1.29 bits per heavy atom. The van der Waals surface area contributed by atoms with Crippen LogP contribution in [0.1, 0.15) is 32.6 Å². The third-order valence-electron chi connectivity index (χ3n) is 2.54. The van der Waals surface area contributed by atoms with Crippen LogP contribution < -0.4 is 5.32 Å². The summed E-state index contributed by atoms with van der Waals surface area (Å²) in [6.45, 7) is 6.74. The highest BCUT2D eigenvalue weighted by Gasteiger charge is 2.11.